The van der Waals surface area contributed by atoms with Crippen LogP contribution in [0.2, 0.25) is 0 Å². The van der Waals surface area contributed by atoms with Gasteiger partial charge in [0.05, 0.1) is 0 Å². The largest absolute Gasteiger partial charge is 0.396 e. The lowest BCUT2D eigenvalue weighted by molar-refractivity contribution is 0.254. The zero-order valence-corrected chi connectivity index (χ0v) is 5.39. The SMILES string of the molecule is CNN(C)[CH]CCO. The van der Waals surface area contributed by atoms with Gasteiger partial charge in [-0.3, -0.25) is 5.43 Å². The molecular formula is C5H13N2O. The van der Waals surface area contributed by atoms with Crippen LogP contribution in [0.1, 0.15) is 6.42 Å². The van der Waals surface area contributed by atoms with Crippen LogP contribution in [0.25, 0.3) is 0 Å². The lowest BCUT2D eigenvalue weighted by Crippen LogP contribution is -2.28. The molecule has 0 spiro atoms. The smallest absolute Gasteiger partial charge is 0.0447 e. The van der Waals surface area contributed by atoms with Crippen molar-refractivity contribution in [2.45, 2.75) is 6.42 Å². The van der Waals surface area contributed by atoms with E-state index in [1.165, 1.54) is 0 Å². The molecule has 49 valence electrons. The fraction of sp³-hybridized carbons (Fsp3) is 0.800. The molecule has 3 heteroatoms. The van der Waals surface area contributed by atoms with Crippen LogP contribution in [0.15, 0.2) is 0 Å². The zero-order valence-electron chi connectivity index (χ0n) is 5.39. The molecule has 3 nitrogen and oxygen atoms in total. The summed E-state index contributed by atoms with van der Waals surface area (Å²) in [6.45, 7) is 2.09. The Hall–Kier alpha value is -0.120. The molecule has 0 saturated carbocycles. The van der Waals surface area contributed by atoms with Crippen LogP contribution < -0.4 is 5.43 Å². The Labute approximate surface area is 50.3 Å². The first-order chi connectivity index (χ1) is 3.81. The minimum absolute atomic E-state index is 0.214. The molecule has 0 rings (SSSR count). The van der Waals surface area contributed by atoms with Gasteiger partial charge in [-0.15, -0.1) is 0 Å². The standard InChI is InChI=1S/C5H13N2O/c1-6-7(2)4-3-5-8/h4,6,8H,3,5H2,1-2H3. The van der Waals surface area contributed by atoms with Gasteiger partial charge in [0, 0.05) is 20.2 Å². The summed E-state index contributed by atoms with van der Waals surface area (Å²) in [5, 5.41) is 10.1. The van der Waals surface area contributed by atoms with E-state index >= 15 is 0 Å². The fourth-order valence-corrected chi connectivity index (χ4v) is 0.343. The van der Waals surface area contributed by atoms with Crippen molar-refractivity contribution in [3.05, 3.63) is 6.54 Å². The van der Waals surface area contributed by atoms with Crippen molar-refractivity contribution in [1.82, 2.24) is 10.4 Å². The molecule has 0 aromatic carbocycles. The van der Waals surface area contributed by atoms with Crippen molar-refractivity contribution in [2.75, 3.05) is 20.7 Å². The van der Waals surface area contributed by atoms with Crippen molar-refractivity contribution >= 4 is 0 Å². The summed E-state index contributed by atoms with van der Waals surface area (Å²) in [5.41, 5.74) is 2.87. The number of rotatable bonds is 4. The maximum atomic E-state index is 8.32. The Morgan fingerprint density at radius 1 is 1.75 bits per heavy atom. The third kappa shape index (κ3) is 4.05. The van der Waals surface area contributed by atoms with Crippen LogP contribution in [0, 0.1) is 6.54 Å². The van der Waals surface area contributed by atoms with Crippen LogP contribution in [-0.4, -0.2) is 30.8 Å². The number of hydrazine groups is 1. The lowest BCUT2D eigenvalue weighted by atomic mass is 10.4. The molecule has 0 aliphatic heterocycles. The third-order valence-electron chi connectivity index (χ3n) is 0.885. The highest BCUT2D eigenvalue weighted by molar-refractivity contribution is 4.57. The number of aliphatic hydroxyl groups excluding tert-OH is 1. The van der Waals surface area contributed by atoms with Crippen LogP contribution in [0.4, 0.5) is 0 Å². The predicted molar refractivity (Wildman–Crippen MR) is 32.8 cm³/mol. The number of nitrogens with zero attached hydrogens (tertiary/aromatic N) is 1. The van der Waals surface area contributed by atoms with Crippen LogP contribution >= 0.6 is 0 Å². The van der Waals surface area contributed by atoms with Gasteiger partial charge in [0.1, 0.15) is 0 Å². The Morgan fingerprint density at radius 2 is 2.38 bits per heavy atom. The Kier molecular flexibility index (Phi) is 4.95. The molecule has 0 amide bonds. The van der Waals surface area contributed by atoms with Gasteiger partial charge in [0.15, 0.2) is 0 Å². The summed E-state index contributed by atoms with van der Waals surface area (Å²) in [6.07, 6.45) is 0.706. The molecule has 0 aliphatic rings. The van der Waals surface area contributed by atoms with Gasteiger partial charge >= 0.3 is 0 Å². The first-order valence-electron chi connectivity index (χ1n) is 2.65. The molecule has 0 heterocycles. The van der Waals surface area contributed by atoms with Gasteiger partial charge in [0.2, 0.25) is 0 Å². The molecule has 0 saturated heterocycles. The van der Waals surface area contributed by atoms with Crippen molar-refractivity contribution in [3.8, 4) is 0 Å². The van der Waals surface area contributed by atoms with Crippen LogP contribution in [-0.2, 0) is 0 Å². The van der Waals surface area contributed by atoms with E-state index in [1.54, 1.807) is 5.01 Å². The van der Waals surface area contributed by atoms with Crippen molar-refractivity contribution in [1.29, 1.82) is 0 Å². The van der Waals surface area contributed by atoms with Gasteiger partial charge in [-0.2, -0.15) is 0 Å². The monoisotopic (exact) mass is 117 g/mol. The normalized spacial score (nSPS) is 10.5. The molecule has 0 aliphatic carbocycles. The van der Waals surface area contributed by atoms with E-state index < -0.39 is 0 Å². The topological polar surface area (TPSA) is 35.5 Å². The van der Waals surface area contributed by atoms with Gasteiger partial charge in [-0.25, -0.2) is 5.01 Å². The fourth-order valence-electron chi connectivity index (χ4n) is 0.343. The summed E-state index contributed by atoms with van der Waals surface area (Å²) in [6, 6.07) is 0. The van der Waals surface area contributed by atoms with Crippen LogP contribution in [0.5, 0.6) is 0 Å². The maximum Gasteiger partial charge on any atom is 0.0447 e. The Morgan fingerprint density at radius 3 is 2.75 bits per heavy atom. The molecule has 0 atom stereocenters. The summed E-state index contributed by atoms with van der Waals surface area (Å²) >= 11 is 0. The Balaban J connectivity index is 2.86. The molecule has 0 fully saturated rings. The second-order valence-corrected chi connectivity index (χ2v) is 1.53. The molecular weight excluding hydrogens is 104 g/mol. The summed E-state index contributed by atoms with van der Waals surface area (Å²) in [4.78, 5) is 0. The number of hydrogen-bond donors (Lipinski definition) is 2. The van der Waals surface area contributed by atoms with Gasteiger partial charge in [0.25, 0.3) is 0 Å². The molecule has 0 bridgehead atoms. The molecule has 0 aromatic rings. The molecule has 0 aromatic heterocycles. The van der Waals surface area contributed by atoms with E-state index in [-0.39, 0.29) is 6.61 Å². The lowest BCUT2D eigenvalue weighted by Gasteiger charge is -2.11. The van der Waals surface area contributed by atoms with E-state index in [0.29, 0.717) is 6.42 Å². The first kappa shape index (κ1) is 7.88. The summed E-state index contributed by atoms with van der Waals surface area (Å²) in [7, 11) is 3.71. The number of nitrogens with one attached hydrogen (secondary N) is 1. The minimum Gasteiger partial charge on any atom is -0.396 e. The maximum absolute atomic E-state index is 8.32. The third-order valence-corrected chi connectivity index (χ3v) is 0.885. The van der Waals surface area contributed by atoms with Crippen LogP contribution in [0.3, 0.4) is 0 Å². The van der Waals surface area contributed by atoms with E-state index in [2.05, 4.69) is 5.43 Å². The summed E-state index contributed by atoms with van der Waals surface area (Å²) in [5.74, 6) is 0. The second-order valence-electron chi connectivity index (χ2n) is 1.53. The number of aliphatic hydroxyl groups is 1. The van der Waals surface area contributed by atoms with E-state index in [4.69, 9.17) is 5.11 Å². The average Bonchev–Trinajstić information content (AvgIpc) is 1.83. The quantitative estimate of drug-likeness (QED) is 0.492. The molecule has 1 radical (unpaired) electrons. The zero-order chi connectivity index (χ0) is 6.41. The van der Waals surface area contributed by atoms with Crippen molar-refractivity contribution in [2.24, 2.45) is 0 Å². The van der Waals surface area contributed by atoms with E-state index in [1.807, 2.05) is 20.6 Å². The molecule has 0 unspecified atom stereocenters. The number of hydrogen-bond acceptors (Lipinski definition) is 3. The van der Waals surface area contributed by atoms with Gasteiger partial charge in [-0.1, -0.05) is 0 Å². The van der Waals surface area contributed by atoms with E-state index in [9.17, 15) is 0 Å². The summed E-state index contributed by atoms with van der Waals surface area (Å²) < 4.78 is 0. The first-order valence-corrected chi connectivity index (χ1v) is 2.65. The second kappa shape index (κ2) is 5.03. The van der Waals surface area contributed by atoms with Crippen molar-refractivity contribution in [3.63, 3.8) is 0 Å². The van der Waals surface area contributed by atoms with Gasteiger partial charge in [-0.05, 0) is 13.5 Å². The van der Waals surface area contributed by atoms with Crippen molar-refractivity contribution < 1.29 is 5.11 Å². The minimum atomic E-state index is 0.214. The Bertz CT molecular complexity index is 49.7. The molecule has 8 heavy (non-hydrogen) atoms. The van der Waals surface area contributed by atoms with E-state index in [0.717, 1.165) is 0 Å². The molecule has 2 N–H and O–H groups in total. The highest BCUT2D eigenvalue weighted by Crippen LogP contribution is 1.85. The highest BCUT2D eigenvalue weighted by Gasteiger charge is 1.90. The predicted octanol–water partition coefficient (Wildman–Crippen LogP) is -0.403. The average molecular weight is 117 g/mol. The van der Waals surface area contributed by atoms with Gasteiger partial charge < -0.3 is 5.11 Å². The highest BCUT2D eigenvalue weighted by atomic mass is 16.3.